The number of aromatic nitrogens is 1. The molecule has 3 nitrogen and oxygen atoms in total. The third-order valence-corrected chi connectivity index (χ3v) is 5.54. The van der Waals surface area contributed by atoms with Gasteiger partial charge in [-0.3, -0.25) is 4.79 Å². The van der Waals surface area contributed by atoms with Crippen LogP contribution in [0.15, 0.2) is 102 Å². The van der Waals surface area contributed by atoms with Crippen LogP contribution in [0.4, 0.5) is 5.69 Å². The molecule has 0 spiro atoms. The van der Waals surface area contributed by atoms with Gasteiger partial charge in [-0.05, 0) is 47.9 Å². The molecule has 1 N–H and O–H groups in total. The molecule has 0 aliphatic heterocycles. The Kier molecular flexibility index (Phi) is 6.26. The number of nitrogens with one attached hydrogen (secondary N) is 1. The maximum atomic E-state index is 12.4. The zero-order chi connectivity index (χ0) is 20.8. The van der Waals surface area contributed by atoms with Crippen molar-refractivity contribution in [1.82, 2.24) is 4.98 Å². The van der Waals surface area contributed by atoms with E-state index >= 15 is 0 Å². The van der Waals surface area contributed by atoms with Crippen molar-refractivity contribution in [2.24, 2.45) is 0 Å². The summed E-state index contributed by atoms with van der Waals surface area (Å²) in [5.74, 6) is 0.256. The SMILES string of the molecule is Cc1cccc(NC(=O)CSc2cc(-c3ccccc3)cc(-c3ccccc3)n2)c1. The fraction of sp³-hybridized carbons (Fsp3) is 0.0769. The summed E-state index contributed by atoms with van der Waals surface area (Å²) >= 11 is 1.45. The highest BCUT2D eigenvalue weighted by Crippen LogP contribution is 2.29. The van der Waals surface area contributed by atoms with Crippen molar-refractivity contribution in [2.45, 2.75) is 11.9 Å². The van der Waals surface area contributed by atoms with Crippen LogP contribution in [0, 0.1) is 6.92 Å². The Hall–Kier alpha value is -3.37. The number of thioether (sulfide) groups is 1. The average molecular weight is 411 g/mol. The van der Waals surface area contributed by atoms with Gasteiger partial charge in [-0.2, -0.15) is 0 Å². The van der Waals surface area contributed by atoms with Gasteiger partial charge in [0.2, 0.25) is 5.91 Å². The van der Waals surface area contributed by atoms with Crippen LogP contribution in [0.1, 0.15) is 5.56 Å². The fourth-order valence-corrected chi connectivity index (χ4v) is 3.92. The normalized spacial score (nSPS) is 10.6. The molecule has 1 heterocycles. The molecule has 0 unspecified atom stereocenters. The first-order valence-electron chi connectivity index (χ1n) is 9.80. The van der Waals surface area contributed by atoms with Crippen molar-refractivity contribution in [1.29, 1.82) is 0 Å². The largest absolute Gasteiger partial charge is 0.325 e. The number of nitrogens with zero attached hydrogens (tertiary/aromatic N) is 1. The van der Waals surface area contributed by atoms with Crippen molar-refractivity contribution in [3.05, 3.63) is 103 Å². The summed E-state index contributed by atoms with van der Waals surface area (Å²) in [7, 11) is 0. The van der Waals surface area contributed by atoms with E-state index in [0.29, 0.717) is 5.75 Å². The van der Waals surface area contributed by atoms with E-state index in [1.807, 2.05) is 73.7 Å². The molecule has 1 aromatic heterocycles. The Morgan fingerprint density at radius 2 is 1.50 bits per heavy atom. The molecule has 0 radical (unpaired) electrons. The van der Waals surface area contributed by atoms with Crippen molar-refractivity contribution < 1.29 is 4.79 Å². The van der Waals surface area contributed by atoms with Gasteiger partial charge in [0.1, 0.15) is 0 Å². The van der Waals surface area contributed by atoms with Gasteiger partial charge >= 0.3 is 0 Å². The predicted octanol–water partition coefficient (Wildman–Crippen LogP) is 6.45. The van der Waals surface area contributed by atoms with Crippen LogP contribution in [0.25, 0.3) is 22.4 Å². The lowest BCUT2D eigenvalue weighted by molar-refractivity contribution is -0.113. The number of amides is 1. The van der Waals surface area contributed by atoms with Crippen molar-refractivity contribution in [3.63, 3.8) is 0 Å². The monoisotopic (exact) mass is 410 g/mol. The van der Waals surface area contributed by atoms with Crippen molar-refractivity contribution >= 4 is 23.4 Å². The lowest BCUT2D eigenvalue weighted by atomic mass is 10.0. The molecule has 30 heavy (non-hydrogen) atoms. The number of benzene rings is 3. The molecule has 0 fully saturated rings. The lowest BCUT2D eigenvalue weighted by Gasteiger charge is -2.10. The summed E-state index contributed by atoms with van der Waals surface area (Å²) in [6, 6.07) is 32.3. The zero-order valence-electron chi connectivity index (χ0n) is 16.7. The van der Waals surface area contributed by atoms with Gasteiger partial charge in [0.15, 0.2) is 0 Å². The number of pyridine rings is 1. The van der Waals surface area contributed by atoms with Crippen LogP contribution in [0.3, 0.4) is 0 Å². The molecular formula is C26H22N2OS. The number of hydrogen-bond donors (Lipinski definition) is 1. The molecule has 0 saturated heterocycles. The lowest BCUT2D eigenvalue weighted by Crippen LogP contribution is -2.14. The Labute approximate surface area is 181 Å². The Bertz CT molecular complexity index is 1090. The van der Waals surface area contributed by atoms with E-state index in [1.165, 1.54) is 11.8 Å². The number of carbonyl (C=O) groups excluding carboxylic acids is 1. The quantitative estimate of drug-likeness (QED) is 0.371. The fourth-order valence-electron chi connectivity index (χ4n) is 3.19. The van der Waals surface area contributed by atoms with E-state index < -0.39 is 0 Å². The van der Waals surface area contributed by atoms with Crippen LogP contribution in [0.5, 0.6) is 0 Å². The Balaban J connectivity index is 1.56. The Morgan fingerprint density at radius 3 is 2.20 bits per heavy atom. The van der Waals surface area contributed by atoms with E-state index in [2.05, 4.69) is 35.6 Å². The third kappa shape index (κ3) is 5.16. The molecular weight excluding hydrogens is 388 g/mol. The molecule has 4 aromatic rings. The summed E-state index contributed by atoms with van der Waals surface area (Å²) in [5, 5.41) is 3.79. The highest BCUT2D eigenvalue weighted by Gasteiger charge is 2.10. The molecule has 0 aliphatic rings. The second-order valence-electron chi connectivity index (χ2n) is 7.02. The van der Waals surface area contributed by atoms with Gasteiger partial charge in [-0.15, -0.1) is 0 Å². The maximum Gasteiger partial charge on any atom is 0.234 e. The molecule has 1 amide bonds. The van der Waals surface area contributed by atoms with E-state index in [9.17, 15) is 4.79 Å². The first kappa shape index (κ1) is 19.9. The minimum Gasteiger partial charge on any atom is -0.325 e. The minimum atomic E-state index is -0.0428. The topological polar surface area (TPSA) is 42.0 Å². The summed E-state index contributed by atoms with van der Waals surface area (Å²) < 4.78 is 0. The van der Waals surface area contributed by atoms with Gasteiger partial charge in [0, 0.05) is 11.3 Å². The van der Waals surface area contributed by atoms with Gasteiger partial charge in [0.05, 0.1) is 16.5 Å². The summed E-state index contributed by atoms with van der Waals surface area (Å²) in [4.78, 5) is 17.3. The molecule has 0 atom stereocenters. The first-order valence-corrected chi connectivity index (χ1v) is 10.8. The Morgan fingerprint density at radius 1 is 0.800 bits per heavy atom. The predicted molar refractivity (Wildman–Crippen MR) is 126 cm³/mol. The number of carbonyl (C=O) groups is 1. The van der Waals surface area contributed by atoms with E-state index in [1.54, 1.807) is 0 Å². The molecule has 4 heteroatoms. The number of aryl methyl sites for hydroxylation is 1. The van der Waals surface area contributed by atoms with E-state index in [-0.39, 0.29) is 5.91 Å². The van der Waals surface area contributed by atoms with Crippen molar-refractivity contribution in [3.8, 4) is 22.4 Å². The summed E-state index contributed by atoms with van der Waals surface area (Å²) in [6.07, 6.45) is 0. The second kappa shape index (κ2) is 9.42. The molecule has 4 rings (SSSR count). The number of anilines is 1. The average Bonchev–Trinajstić information content (AvgIpc) is 2.79. The number of hydrogen-bond acceptors (Lipinski definition) is 3. The van der Waals surface area contributed by atoms with Gasteiger partial charge in [0.25, 0.3) is 0 Å². The highest BCUT2D eigenvalue weighted by molar-refractivity contribution is 7.99. The first-order chi connectivity index (χ1) is 14.7. The van der Waals surface area contributed by atoms with Gasteiger partial charge in [-0.1, -0.05) is 84.6 Å². The van der Waals surface area contributed by atoms with Crippen molar-refractivity contribution in [2.75, 3.05) is 11.1 Å². The summed E-state index contributed by atoms with van der Waals surface area (Å²) in [5.41, 5.74) is 6.11. The third-order valence-electron chi connectivity index (χ3n) is 4.63. The highest BCUT2D eigenvalue weighted by atomic mass is 32.2. The zero-order valence-corrected chi connectivity index (χ0v) is 17.5. The standard InChI is InChI=1S/C26H22N2OS/c1-19-9-8-14-23(15-19)27-25(29)18-30-26-17-22(20-10-4-2-5-11-20)16-24(28-26)21-12-6-3-7-13-21/h2-17H,18H2,1H3,(H,27,29). The molecule has 0 aliphatic carbocycles. The molecule has 3 aromatic carbocycles. The van der Waals surface area contributed by atoms with Gasteiger partial charge in [-0.25, -0.2) is 4.98 Å². The van der Waals surface area contributed by atoms with Crippen LogP contribution in [0.2, 0.25) is 0 Å². The van der Waals surface area contributed by atoms with Crippen LogP contribution in [-0.2, 0) is 4.79 Å². The smallest absolute Gasteiger partial charge is 0.234 e. The molecule has 0 saturated carbocycles. The van der Waals surface area contributed by atoms with Crippen LogP contribution >= 0.6 is 11.8 Å². The maximum absolute atomic E-state index is 12.4. The molecule has 0 bridgehead atoms. The van der Waals surface area contributed by atoms with E-state index in [0.717, 1.165) is 38.7 Å². The number of rotatable bonds is 6. The van der Waals surface area contributed by atoms with Crippen LogP contribution in [-0.4, -0.2) is 16.6 Å². The van der Waals surface area contributed by atoms with Gasteiger partial charge < -0.3 is 5.32 Å². The van der Waals surface area contributed by atoms with Crippen LogP contribution < -0.4 is 5.32 Å². The summed E-state index contributed by atoms with van der Waals surface area (Å²) in [6.45, 7) is 2.01. The second-order valence-corrected chi connectivity index (χ2v) is 8.01. The molecule has 148 valence electrons. The van der Waals surface area contributed by atoms with E-state index in [4.69, 9.17) is 4.98 Å². The minimum absolute atomic E-state index is 0.0428.